The molecular formula is C13H17NO6. The third kappa shape index (κ3) is 2.91. The first-order chi connectivity index (χ1) is 9.40. The molecule has 7 heteroatoms. The zero-order valence-electron chi connectivity index (χ0n) is 10.8. The number of hydrogen-bond acceptors (Lipinski definition) is 6. The summed E-state index contributed by atoms with van der Waals surface area (Å²) < 4.78 is 5.38. The van der Waals surface area contributed by atoms with Crippen molar-refractivity contribution in [3.63, 3.8) is 0 Å². The summed E-state index contributed by atoms with van der Waals surface area (Å²) in [6, 6.07) is 5.88. The molecule has 0 radical (unpaired) electrons. The fourth-order valence-electron chi connectivity index (χ4n) is 2.04. The van der Waals surface area contributed by atoms with Crippen molar-refractivity contribution in [2.45, 2.75) is 37.6 Å². The Morgan fingerprint density at radius 3 is 2.25 bits per heavy atom. The van der Waals surface area contributed by atoms with Crippen molar-refractivity contribution >= 4 is 11.7 Å². The maximum atomic E-state index is 10.7. The Balaban J connectivity index is 2.07. The van der Waals surface area contributed by atoms with Gasteiger partial charge < -0.3 is 30.5 Å². The molecule has 0 saturated carbocycles. The number of rotatable bonds is 3. The lowest BCUT2D eigenvalue weighted by Gasteiger charge is -2.39. The van der Waals surface area contributed by atoms with E-state index >= 15 is 0 Å². The average molecular weight is 283 g/mol. The molecule has 0 aliphatic carbocycles. The third-order valence-electron chi connectivity index (χ3n) is 3.29. The SMILES string of the molecule is C[C@@H]1O[C@@H](Nc2ccc(C(=O)O)cc2)[C@@H](O)[C@@H](O)[C@H]1O. The van der Waals surface area contributed by atoms with Gasteiger partial charge >= 0.3 is 5.97 Å². The highest BCUT2D eigenvalue weighted by atomic mass is 16.5. The zero-order valence-corrected chi connectivity index (χ0v) is 10.8. The summed E-state index contributed by atoms with van der Waals surface area (Å²) in [5.41, 5.74) is 0.680. The van der Waals surface area contributed by atoms with Crippen LogP contribution in [0.5, 0.6) is 0 Å². The van der Waals surface area contributed by atoms with Gasteiger partial charge in [0.25, 0.3) is 0 Å². The van der Waals surface area contributed by atoms with Crippen LogP contribution in [0.1, 0.15) is 17.3 Å². The van der Waals surface area contributed by atoms with Crippen molar-refractivity contribution in [1.29, 1.82) is 0 Å². The van der Waals surface area contributed by atoms with Crippen LogP contribution in [-0.4, -0.2) is 57.0 Å². The van der Waals surface area contributed by atoms with E-state index in [-0.39, 0.29) is 5.56 Å². The molecule has 1 aromatic rings. The fourth-order valence-corrected chi connectivity index (χ4v) is 2.04. The molecule has 0 amide bonds. The Hall–Kier alpha value is -1.67. The number of ether oxygens (including phenoxy) is 1. The van der Waals surface area contributed by atoms with E-state index in [0.29, 0.717) is 5.69 Å². The van der Waals surface area contributed by atoms with E-state index in [4.69, 9.17) is 9.84 Å². The van der Waals surface area contributed by atoms with Crippen LogP contribution < -0.4 is 5.32 Å². The molecule has 110 valence electrons. The fraction of sp³-hybridized carbons (Fsp3) is 0.462. The van der Waals surface area contributed by atoms with Gasteiger partial charge in [-0.3, -0.25) is 0 Å². The Morgan fingerprint density at radius 1 is 1.10 bits per heavy atom. The molecule has 5 N–H and O–H groups in total. The maximum absolute atomic E-state index is 10.7. The van der Waals surface area contributed by atoms with Crippen LogP contribution >= 0.6 is 0 Å². The molecule has 0 bridgehead atoms. The van der Waals surface area contributed by atoms with E-state index in [1.165, 1.54) is 24.3 Å². The maximum Gasteiger partial charge on any atom is 0.335 e. The Kier molecular flexibility index (Phi) is 4.24. The second-order valence-corrected chi connectivity index (χ2v) is 4.76. The van der Waals surface area contributed by atoms with Crippen molar-refractivity contribution in [2.24, 2.45) is 0 Å². The van der Waals surface area contributed by atoms with Gasteiger partial charge in [-0.2, -0.15) is 0 Å². The molecule has 2 rings (SSSR count). The number of aliphatic hydroxyl groups is 3. The summed E-state index contributed by atoms with van der Waals surface area (Å²) in [5.74, 6) is -1.03. The number of aromatic carboxylic acids is 1. The molecule has 1 fully saturated rings. The molecule has 0 spiro atoms. The van der Waals surface area contributed by atoms with E-state index in [0.717, 1.165) is 0 Å². The van der Waals surface area contributed by atoms with Crippen molar-refractivity contribution in [3.8, 4) is 0 Å². The number of nitrogens with one attached hydrogen (secondary N) is 1. The van der Waals surface area contributed by atoms with Crippen LogP contribution in [0.3, 0.4) is 0 Å². The second-order valence-electron chi connectivity index (χ2n) is 4.76. The highest BCUT2D eigenvalue weighted by Gasteiger charge is 2.41. The Labute approximate surface area is 115 Å². The zero-order chi connectivity index (χ0) is 14.9. The van der Waals surface area contributed by atoms with Gasteiger partial charge in [-0.15, -0.1) is 0 Å². The number of carboxylic acid groups (broad SMARTS) is 1. The van der Waals surface area contributed by atoms with Gasteiger partial charge in [-0.25, -0.2) is 4.79 Å². The summed E-state index contributed by atoms with van der Waals surface area (Å²) >= 11 is 0. The predicted molar refractivity (Wildman–Crippen MR) is 69.4 cm³/mol. The van der Waals surface area contributed by atoms with Crippen LogP contribution in [0.15, 0.2) is 24.3 Å². The Morgan fingerprint density at radius 2 is 1.70 bits per heavy atom. The summed E-state index contributed by atoms with van der Waals surface area (Å²) in [5, 5.41) is 40.7. The van der Waals surface area contributed by atoms with Gasteiger partial charge in [0.1, 0.15) is 18.3 Å². The quantitative estimate of drug-likeness (QED) is 0.513. The lowest BCUT2D eigenvalue weighted by molar-refractivity contribution is -0.209. The molecule has 5 atom stereocenters. The van der Waals surface area contributed by atoms with Crippen molar-refractivity contribution in [3.05, 3.63) is 29.8 Å². The first kappa shape index (κ1) is 14.7. The third-order valence-corrected chi connectivity index (χ3v) is 3.29. The van der Waals surface area contributed by atoms with E-state index in [2.05, 4.69) is 5.32 Å². The lowest BCUT2D eigenvalue weighted by atomic mass is 9.99. The van der Waals surface area contributed by atoms with E-state index in [1.54, 1.807) is 6.92 Å². The number of benzene rings is 1. The number of carboxylic acids is 1. The molecule has 0 aromatic heterocycles. The van der Waals surface area contributed by atoms with Crippen LogP contribution in [0, 0.1) is 0 Å². The first-order valence-electron chi connectivity index (χ1n) is 6.19. The molecule has 1 saturated heterocycles. The molecule has 7 nitrogen and oxygen atoms in total. The first-order valence-corrected chi connectivity index (χ1v) is 6.19. The van der Waals surface area contributed by atoms with Crippen LogP contribution in [0.4, 0.5) is 5.69 Å². The van der Waals surface area contributed by atoms with E-state index in [1.807, 2.05) is 0 Å². The summed E-state index contributed by atoms with van der Waals surface area (Å²) in [4.78, 5) is 10.7. The normalized spacial score (nSPS) is 33.7. The molecule has 1 aliphatic rings. The predicted octanol–water partition coefficient (Wildman–Crippen LogP) is -0.376. The van der Waals surface area contributed by atoms with Crippen molar-refractivity contribution in [1.82, 2.24) is 0 Å². The van der Waals surface area contributed by atoms with Gasteiger partial charge in [0.2, 0.25) is 0 Å². The minimum atomic E-state index is -1.31. The molecular weight excluding hydrogens is 266 g/mol. The van der Waals surface area contributed by atoms with E-state index in [9.17, 15) is 20.1 Å². The van der Waals surface area contributed by atoms with Gasteiger partial charge in [0, 0.05) is 5.69 Å². The largest absolute Gasteiger partial charge is 0.478 e. The topological polar surface area (TPSA) is 119 Å². The molecule has 1 aromatic carbocycles. The Bertz CT molecular complexity index is 476. The number of carbonyl (C=O) groups is 1. The van der Waals surface area contributed by atoms with Crippen LogP contribution in [0.25, 0.3) is 0 Å². The monoisotopic (exact) mass is 283 g/mol. The van der Waals surface area contributed by atoms with Gasteiger partial charge in [0.15, 0.2) is 6.23 Å². The number of hydrogen-bond donors (Lipinski definition) is 5. The average Bonchev–Trinajstić information content (AvgIpc) is 2.43. The standard InChI is InChI=1S/C13H17NO6/c1-6-9(15)10(16)11(17)12(20-6)14-8-4-2-7(3-5-8)13(18)19/h2-6,9-12,14-17H,1H3,(H,18,19)/t6-,9-,10-,11-,12+/m0/s1. The summed E-state index contributed by atoms with van der Waals surface area (Å²) in [6.45, 7) is 1.59. The molecule has 1 aliphatic heterocycles. The smallest absolute Gasteiger partial charge is 0.335 e. The van der Waals surface area contributed by atoms with Crippen molar-refractivity contribution in [2.75, 3.05) is 5.32 Å². The summed E-state index contributed by atoms with van der Waals surface area (Å²) in [6.07, 6.45) is -5.28. The molecule has 1 heterocycles. The summed E-state index contributed by atoms with van der Waals surface area (Å²) in [7, 11) is 0. The van der Waals surface area contributed by atoms with Crippen LogP contribution in [0.2, 0.25) is 0 Å². The van der Waals surface area contributed by atoms with Crippen molar-refractivity contribution < 1.29 is 30.0 Å². The molecule has 0 unspecified atom stereocenters. The highest BCUT2D eigenvalue weighted by molar-refractivity contribution is 5.87. The number of aliphatic hydroxyl groups excluding tert-OH is 3. The molecule has 20 heavy (non-hydrogen) atoms. The minimum Gasteiger partial charge on any atom is -0.478 e. The van der Waals surface area contributed by atoms with Gasteiger partial charge in [-0.05, 0) is 31.2 Å². The second kappa shape index (κ2) is 5.76. The van der Waals surface area contributed by atoms with E-state index < -0.39 is 36.6 Å². The van der Waals surface area contributed by atoms with Gasteiger partial charge in [0.05, 0.1) is 11.7 Å². The van der Waals surface area contributed by atoms with Crippen LogP contribution in [-0.2, 0) is 4.74 Å². The van der Waals surface area contributed by atoms with Gasteiger partial charge in [-0.1, -0.05) is 0 Å². The highest BCUT2D eigenvalue weighted by Crippen LogP contribution is 2.22. The lowest BCUT2D eigenvalue weighted by Crippen LogP contribution is -2.58. The number of anilines is 1. The minimum absolute atomic E-state index is 0.143.